The third kappa shape index (κ3) is 11.1. The monoisotopic (exact) mass is 968 g/mol. The zero-order valence-electron chi connectivity index (χ0n) is 35.8. The molecule has 0 radical (unpaired) electrons. The van der Waals surface area contributed by atoms with E-state index in [9.17, 15) is 0 Å². The SMILES string of the molecule is CO[Si](C)(C)c1ccc(C#Cc2ccccc2)cc1.CO[Si](C)(C)c1ccccc1.C[Si]12O[Si]3(C)O[Si]4(C)O[Si](C)(O1)O[Si]1(C)O[Si](C)(O2)O[Si](C)(O3)O[Si](C)(O4)O1. The molecule has 0 aromatic heterocycles. The Morgan fingerprint density at radius 1 is 0.345 bits per heavy atom. The Hall–Kier alpha value is -1.17. The summed E-state index contributed by atoms with van der Waals surface area (Å²) in [6.45, 7) is 22.8. The Morgan fingerprint density at radius 3 is 0.828 bits per heavy atom. The number of rotatable bonds is 4. The summed E-state index contributed by atoms with van der Waals surface area (Å²) >= 11 is 0. The quantitative estimate of drug-likeness (QED) is 0.235. The third-order valence-corrected chi connectivity index (χ3v) is 50.7. The van der Waals surface area contributed by atoms with Crippen molar-refractivity contribution in [2.45, 2.75) is 78.6 Å². The molecule has 58 heavy (non-hydrogen) atoms. The van der Waals surface area contributed by atoms with Gasteiger partial charge in [-0.2, -0.15) is 0 Å². The van der Waals surface area contributed by atoms with Crippen LogP contribution in [0.5, 0.6) is 0 Å². The van der Waals surface area contributed by atoms with E-state index in [-0.39, 0.29) is 0 Å². The van der Waals surface area contributed by atoms with Gasteiger partial charge in [0, 0.05) is 77.7 Å². The van der Waals surface area contributed by atoms with E-state index in [0.717, 1.165) is 11.1 Å². The Balaban J connectivity index is 0.000000163. The van der Waals surface area contributed by atoms with Crippen molar-refractivity contribution in [3.63, 3.8) is 0 Å². The van der Waals surface area contributed by atoms with Crippen LogP contribution in [0.1, 0.15) is 11.1 Å². The molecule has 6 fully saturated rings. The fourth-order valence-electron chi connectivity index (χ4n) is 7.24. The molecule has 0 unspecified atom stereocenters. The zero-order chi connectivity index (χ0) is 42.5. The predicted molar refractivity (Wildman–Crippen MR) is 240 cm³/mol. The van der Waals surface area contributed by atoms with E-state index in [1.807, 2.05) is 36.4 Å². The van der Waals surface area contributed by atoms with E-state index in [4.69, 9.17) is 58.2 Å². The Kier molecular flexibility index (Phi) is 13.2. The highest BCUT2D eigenvalue weighted by Crippen LogP contribution is 2.47. The summed E-state index contributed by atoms with van der Waals surface area (Å²) in [6, 6.07) is 28.8. The highest BCUT2D eigenvalue weighted by atomic mass is 28.6. The predicted octanol–water partition coefficient (Wildman–Crippen LogP) is 5.69. The molecule has 3 aromatic carbocycles. The molecular formula is C34H56O14Si10. The van der Waals surface area contributed by atoms with Crippen molar-refractivity contribution >= 4 is 97.4 Å². The second-order valence-electron chi connectivity index (χ2n) is 16.1. The minimum atomic E-state index is -3.40. The van der Waals surface area contributed by atoms with Crippen LogP contribution in [0, 0.1) is 11.8 Å². The van der Waals surface area contributed by atoms with Gasteiger partial charge in [0.05, 0.1) is 0 Å². The zero-order valence-corrected chi connectivity index (χ0v) is 45.8. The van der Waals surface area contributed by atoms with Crippen LogP contribution in [-0.4, -0.2) is 101 Å². The lowest BCUT2D eigenvalue weighted by molar-refractivity contribution is -0.0175. The average molecular weight is 970 g/mol. The summed E-state index contributed by atoms with van der Waals surface area (Å²) in [7, 11) is -26.9. The van der Waals surface area contributed by atoms with Gasteiger partial charge in [-0.25, -0.2) is 0 Å². The molecule has 6 aliphatic rings. The molecule has 316 valence electrons. The Labute approximate surface area is 354 Å². The van der Waals surface area contributed by atoms with E-state index >= 15 is 0 Å². The van der Waals surface area contributed by atoms with Gasteiger partial charge in [0.2, 0.25) is 16.6 Å². The molecule has 8 bridgehead atoms. The van der Waals surface area contributed by atoms with Gasteiger partial charge in [0.1, 0.15) is 0 Å². The van der Waals surface area contributed by atoms with Gasteiger partial charge in [-0.15, -0.1) is 0 Å². The van der Waals surface area contributed by atoms with E-state index in [0.29, 0.717) is 0 Å². The van der Waals surface area contributed by atoms with Crippen molar-refractivity contribution in [2.75, 3.05) is 14.2 Å². The molecule has 0 aliphatic carbocycles. The summed E-state index contributed by atoms with van der Waals surface area (Å²) in [6.07, 6.45) is 0. The number of hydrogen-bond donors (Lipinski definition) is 0. The fraction of sp³-hybridized carbons (Fsp3) is 0.412. The first-order chi connectivity index (χ1) is 26.8. The summed E-state index contributed by atoms with van der Waals surface area (Å²) in [4.78, 5) is 0. The third-order valence-electron chi connectivity index (χ3n) is 9.64. The van der Waals surface area contributed by atoms with Crippen molar-refractivity contribution in [2.24, 2.45) is 0 Å². The summed E-state index contributed by atoms with van der Waals surface area (Å²) in [5, 5.41) is 2.64. The first kappa shape index (κ1) is 46.3. The molecule has 6 aliphatic heterocycles. The minimum Gasteiger partial charge on any atom is -0.416 e. The molecule has 0 spiro atoms. The van der Waals surface area contributed by atoms with Crippen LogP contribution >= 0.6 is 0 Å². The van der Waals surface area contributed by atoms with E-state index in [2.05, 4.69) is 86.6 Å². The van der Waals surface area contributed by atoms with Crippen LogP contribution in [-0.2, 0) is 58.2 Å². The van der Waals surface area contributed by atoms with Crippen molar-refractivity contribution in [3.05, 3.63) is 96.1 Å². The van der Waals surface area contributed by atoms with Crippen molar-refractivity contribution < 1.29 is 58.2 Å². The van der Waals surface area contributed by atoms with Crippen molar-refractivity contribution in [1.29, 1.82) is 0 Å². The fourth-order valence-corrected chi connectivity index (χ4v) is 55.0. The first-order valence-corrected chi connectivity index (χ1v) is 42.6. The average Bonchev–Trinajstić information content (AvgIpc) is 3.07. The first-order valence-electron chi connectivity index (χ1n) is 19.0. The molecule has 14 nitrogen and oxygen atoms in total. The van der Waals surface area contributed by atoms with Crippen LogP contribution in [0.4, 0.5) is 0 Å². The summed E-state index contributed by atoms with van der Waals surface area (Å²) < 4.78 is 87.8. The Morgan fingerprint density at radius 2 is 0.569 bits per heavy atom. The van der Waals surface area contributed by atoms with Gasteiger partial charge in [-0.05, 0) is 60.8 Å². The maximum atomic E-state index is 6.39. The molecule has 3 aromatic rings. The maximum absolute atomic E-state index is 6.39. The lowest BCUT2D eigenvalue weighted by Gasteiger charge is -2.60. The number of hydrogen-bond acceptors (Lipinski definition) is 14. The lowest BCUT2D eigenvalue weighted by Crippen LogP contribution is -2.86. The lowest BCUT2D eigenvalue weighted by atomic mass is 10.2. The van der Waals surface area contributed by atoms with E-state index < -0.39 is 87.1 Å². The smallest absolute Gasteiger partial charge is 0.416 e. The molecule has 0 N–H and O–H groups in total. The molecule has 0 amide bonds. The Bertz CT molecular complexity index is 1740. The summed E-state index contributed by atoms with van der Waals surface area (Å²) in [5.74, 6) is 6.35. The van der Waals surface area contributed by atoms with Gasteiger partial charge in [0.25, 0.3) is 0 Å². The highest BCUT2D eigenvalue weighted by molar-refractivity contribution is 7.02. The molecular weight excluding hydrogens is 913 g/mol. The number of benzene rings is 3. The molecule has 0 atom stereocenters. The molecule has 6 saturated heterocycles. The maximum Gasteiger partial charge on any atom is 0.475 e. The van der Waals surface area contributed by atoms with Gasteiger partial charge in [-0.1, -0.05) is 72.5 Å². The summed E-state index contributed by atoms with van der Waals surface area (Å²) in [5.41, 5.74) is 2.08. The van der Waals surface area contributed by atoms with E-state index in [1.165, 1.54) is 10.4 Å². The molecule has 0 saturated carbocycles. The van der Waals surface area contributed by atoms with Crippen molar-refractivity contribution in [3.8, 4) is 11.8 Å². The highest BCUT2D eigenvalue weighted by Gasteiger charge is 2.78. The van der Waals surface area contributed by atoms with Gasteiger partial charge >= 0.3 is 70.4 Å². The normalized spacial score (nSPS) is 37.6. The standard InChI is InChI=1S/C17H18OSi.C9H14OSi.C8H24O12Si8/c1-18-19(2,3)17-13-11-16(12-14-17)10-9-15-7-5-4-6-8-15;1-10-11(2,3)9-7-5-4-6-8-9;1-21-9-22(2)12-25(5)14-23(3,10-21)16-27(7)17-24(4,11-21)15-26(6,13-22)19-28(8,18-25)20-27/h4-8,11-14H,1-3H3;4-8H,1-3H3;1-8H3. The second-order valence-corrected chi connectivity index (χ2v) is 47.7. The van der Waals surface area contributed by atoms with Crippen LogP contribution in [0.3, 0.4) is 0 Å². The molecule has 24 heteroatoms. The topological polar surface area (TPSA) is 129 Å². The van der Waals surface area contributed by atoms with Crippen LogP contribution in [0.15, 0.2) is 84.9 Å². The second kappa shape index (κ2) is 16.5. The van der Waals surface area contributed by atoms with Gasteiger partial charge < -0.3 is 58.2 Å². The van der Waals surface area contributed by atoms with Gasteiger partial charge in [-0.3, -0.25) is 0 Å². The van der Waals surface area contributed by atoms with Crippen LogP contribution in [0.25, 0.3) is 0 Å². The van der Waals surface area contributed by atoms with Crippen molar-refractivity contribution in [1.82, 2.24) is 0 Å². The molecule has 6 heterocycles. The largest absolute Gasteiger partial charge is 0.475 e. The van der Waals surface area contributed by atoms with Gasteiger partial charge in [0.15, 0.2) is 0 Å². The van der Waals surface area contributed by atoms with E-state index in [1.54, 1.807) is 66.6 Å². The van der Waals surface area contributed by atoms with Crippen LogP contribution < -0.4 is 10.4 Å². The molecule has 9 rings (SSSR count). The van der Waals surface area contributed by atoms with Crippen LogP contribution in [0.2, 0.25) is 78.6 Å². The minimum absolute atomic E-state index is 1.04.